The molecule has 1 saturated heterocycles. The van der Waals surface area contributed by atoms with Crippen LogP contribution in [0, 0.1) is 0 Å². The molecule has 4 rings (SSSR count). The van der Waals surface area contributed by atoms with Crippen molar-refractivity contribution in [3.63, 3.8) is 0 Å². The number of carbonyl (C=O) groups excluding carboxylic acids is 2. The van der Waals surface area contributed by atoms with Crippen LogP contribution in [0.5, 0.6) is 11.5 Å². The van der Waals surface area contributed by atoms with Gasteiger partial charge in [-0.05, 0) is 47.5 Å². The lowest BCUT2D eigenvalue weighted by molar-refractivity contribution is -0.125. The second-order valence-electron chi connectivity index (χ2n) is 7.17. The van der Waals surface area contributed by atoms with Crippen LogP contribution in [-0.2, 0) is 11.2 Å². The molecule has 1 N–H and O–H groups in total. The molecule has 0 spiro atoms. The monoisotopic (exact) mass is 415 g/mol. The Labute approximate surface area is 174 Å². The van der Waals surface area contributed by atoms with E-state index in [1.54, 1.807) is 25.6 Å². The van der Waals surface area contributed by atoms with Gasteiger partial charge in [-0.15, -0.1) is 11.3 Å². The molecule has 1 unspecified atom stereocenters. The topological polar surface area (TPSA) is 71.1 Å². The first-order valence-electron chi connectivity index (χ1n) is 9.72. The van der Waals surface area contributed by atoms with Crippen molar-refractivity contribution in [3.8, 4) is 11.5 Å². The SMILES string of the molecule is COc1cc2c(cc1OC)C(c1cccs1)N(CCCN1C(=O)CNC1=O)CC2. The fourth-order valence-corrected chi connectivity index (χ4v) is 5.01. The second kappa shape index (κ2) is 8.42. The largest absolute Gasteiger partial charge is 0.493 e. The van der Waals surface area contributed by atoms with Crippen molar-refractivity contribution in [2.45, 2.75) is 18.9 Å². The number of imide groups is 1. The molecule has 154 valence electrons. The number of hydrogen-bond acceptors (Lipinski definition) is 6. The highest BCUT2D eigenvalue weighted by atomic mass is 32.1. The minimum atomic E-state index is -0.286. The molecular formula is C21H25N3O4S. The molecule has 1 aromatic heterocycles. The van der Waals surface area contributed by atoms with Crippen LogP contribution in [0.1, 0.15) is 28.5 Å². The van der Waals surface area contributed by atoms with Gasteiger partial charge in [0.15, 0.2) is 11.5 Å². The van der Waals surface area contributed by atoms with Crippen molar-refractivity contribution >= 4 is 23.3 Å². The van der Waals surface area contributed by atoms with E-state index in [1.807, 2.05) is 0 Å². The van der Waals surface area contributed by atoms with Gasteiger partial charge in [0.1, 0.15) is 0 Å². The van der Waals surface area contributed by atoms with E-state index in [4.69, 9.17) is 9.47 Å². The lowest BCUT2D eigenvalue weighted by Gasteiger charge is -2.37. The summed E-state index contributed by atoms with van der Waals surface area (Å²) in [6, 6.07) is 8.24. The third kappa shape index (κ3) is 3.82. The summed E-state index contributed by atoms with van der Waals surface area (Å²) in [5.41, 5.74) is 2.50. The zero-order valence-corrected chi connectivity index (χ0v) is 17.5. The normalized spacial score (nSPS) is 19.2. The average Bonchev–Trinajstić information content (AvgIpc) is 3.37. The van der Waals surface area contributed by atoms with E-state index in [2.05, 4.69) is 39.9 Å². The van der Waals surface area contributed by atoms with Crippen LogP contribution in [0.15, 0.2) is 29.6 Å². The van der Waals surface area contributed by atoms with Gasteiger partial charge in [0.2, 0.25) is 5.91 Å². The molecule has 0 radical (unpaired) electrons. The van der Waals surface area contributed by atoms with E-state index in [0.717, 1.165) is 37.4 Å². The molecule has 3 heterocycles. The van der Waals surface area contributed by atoms with Gasteiger partial charge in [-0.25, -0.2) is 4.79 Å². The predicted molar refractivity (Wildman–Crippen MR) is 111 cm³/mol. The first kappa shape index (κ1) is 19.7. The molecule has 2 aliphatic rings. The maximum Gasteiger partial charge on any atom is 0.324 e. The fraction of sp³-hybridized carbons (Fsp3) is 0.429. The maximum absolute atomic E-state index is 11.8. The average molecular weight is 416 g/mol. The molecule has 8 heteroatoms. The number of nitrogens with one attached hydrogen (secondary N) is 1. The molecule has 2 aliphatic heterocycles. The molecule has 3 amide bonds. The summed E-state index contributed by atoms with van der Waals surface area (Å²) in [6.07, 6.45) is 1.66. The first-order valence-corrected chi connectivity index (χ1v) is 10.6. The number of rotatable bonds is 7. The Morgan fingerprint density at radius 1 is 1.17 bits per heavy atom. The third-order valence-corrected chi connectivity index (χ3v) is 6.47. The summed E-state index contributed by atoms with van der Waals surface area (Å²) in [4.78, 5) is 28.6. The molecule has 29 heavy (non-hydrogen) atoms. The smallest absolute Gasteiger partial charge is 0.324 e. The number of hydrogen-bond donors (Lipinski definition) is 1. The highest BCUT2D eigenvalue weighted by Crippen LogP contribution is 2.42. The van der Waals surface area contributed by atoms with Gasteiger partial charge in [0.25, 0.3) is 0 Å². The molecule has 0 bridgehead atoms. The zero-order valence-electron chi connectivity index (χ0n) is 16.6. The lowest BCUT2D eigenvalue weighted by Crippen LogP contribution is -2.39. The molecule has 0 aliphatic carbocycles. The van der Waals surface area contributed by atoms with Gasteiger partial charge >= 0.3 is 6.03 Å². The van der Waals surface area contributed by atoms with Crippen LogP contribution >= 0.6 is 11.3 Å². The highest BCUT2D eigenvalue weighted by Gasteiger charge is 2.32. The Hall–Kier alpha value is -2.58. The van der Waals surface area contributed by atoms with Crippen LogP contribution in [0.2, 0.25) is 0 Å². The predicted octanol–water partition coefficient (Wildman–Crippen LogP) is 2.65. The van der Waals surface area contributed by atoms with Crippen molar-refractivity contribution in [2.24, 2.45) is 0 Å². The van der Waals surface area contributed by atoms with Crippen molar-refractivity contribution in [1.29, 1.82) is 0 Å². The first-order chi connectivity index (χ1) is 14.1. The quantitative estimate of drug-likeness (QED) is 0.704. The Balaban J connectivity index is 1.57. The molecule has 1 aromatic carbocycles. The van der Waals surface area contributed by atoms with Crippen molar-refractivity contribution in [1.82, 2.24) is 15.1 Å². The minimum absolute atomic E-state index is 0.107. The number of carbonyl (C=O) groups is 2. The molecule has 7 nitrogen and oxygen atoms in total. The second-order valence-corrected chi connectivity index (χ2v) is 8.15. The number of urea groups is 1. The fourth-order valence-electron chi connectivity index (χ4n) is 4.13. The van der Waals surface area contributed by atoms with Crippen LogP contribution in [0.4, 0.5) is 4.79 Å². The highest BCUT2D eigenvalue weighted by molar-refractivity contribution is 7.10. The lowest BCUT2D eigenvalue weighted by atomic mass is 9.90. The summed E-state index contributed by atoms with van der Waals surface area (Å²) in [7, 11) is 3.31. The van der Waals surface area contributed by atoms with Gasteiger partial charge in [0.05, 0.1) is 26.8 Å². The van der Waals surface area contributed by atoms with E-state index < -0.39 is 0 Å². The Morgan fingerprint density at radius 2 is 1.97 bits per heavy atom. The summed E-state index contributed by atoms with van der Waals surface area (Å²) in [5, 5.41) is 4.67. The van der Waals surface area contributed by atoms with Gasteiger partial charge in [-0.2, -0.15) is 0 Å². The summed E-state index contributed by atoms with van der Waals surface area (Å²) in [5.74, 6) is 1.34. The van der Waals surface area contributed by atoms with Crippen molar-refractivity contribution < 1.29 is 19.1 Å². The van der Waals surface area contributed by atoms with E-state index in [1.165, 1.54) is 20.9 Å². The van der Waals surface area contributed by atoms with E-state index in [-0.39, 0.29) is 24.5 Å². The van der Waals surface area contributed by atoms with E-state index >= 15 is 0 Å². The van der Waals surface area contributed by atoms with E-state index in [0.29, 0.717) is 6.54 Å². The summed E-state index contributed by atoms with van der Waals surface area (Å²) < 4.78 is 11.0. The summed E-state index contributed by atoms with van der Waals surface area (Å²) >= 11 is 1.74. The van der Waals surface area contributed by atoms with Crippen LogP contribution in [0.25, 0.3) is 0 Å². The van der Waals surface area contributed by atoms with Crippen molar-refractivity contribution in [3.05, 3.63) is 45.6 Å². The Kier molecular flexibility index (Phi) is 5.73. The zero-order chi connectivity index (χ0) is 20.4. The Morgan fingerprint density at radius 3 is 2.62 bits per heavy atom. The number of methoxy groups -OCH3 is 2. The molecular weight excluding hydrogens is 390 g/mol. The number of ether oxygens (including phenoxy) is 2. The third-order valence-electron chi connectivity index (χ3n) is 5.55. The van der Waals surface area contributed by atoms with Crippen LogP contribution in [0.3, 0.4) is 0 Å². The number of nitrogens with zero attached hydrogens (tertiary/aromatic N) is 2. The number of amides is 3. The molecule has 2 aromatic rings. The van der Waals surface area contributed by atoms with Gasteiger partial charge in [-0.1, -0.05) is 6.07 Å². The molecule has 0 saturated carbocycles. The standard InChI is InChI=1S/C21H25N3O4S/c1-27-16-11-14-6-9-23(7-4-8-24-19(25)13-22-21(24)26)20(18-5-3-10-29-18)15(14)12-17(16)28-2/h3,5,10-12,20H,4,6-9,13H2,1-2H3,(H,22,26). The maximum atomic E-state index is 11.8. The number of thiophene rings is 1. The molecule has 1 atom stereocenters. The number of fused-ring (bicyclic) bond motifs is 1. The van der Waals surface area contributed by atoms with Gasteiger partial charge in [-0.3, -0.25) is 14.6 Å². The van der Waals surface area contributed by atoms with Crippen molar-refractivity contribution in [2.75, 3.05) is 40.4 Å². The molecule has 1 fully saturated rings. The van der Waals surface area contributed by atoms with Crippen LogP contribution < -0.4 is 14.8 Å². The minimum Gasteiger partial charge on any atom is -0.493 e. The summed E-state index contributed by atoms with van der Waals surface area (Å²) in [6.45, 7) is 2.26. The van der Waals surface area contributed by atoms with Crippen LogP contribution in [-0.4, -0.2) is 62.1 Å². The van der Waals surface area contributed by atoms with Gasteiger partial charge in [0, 0.05) is 24.5 Å². The van der Waals surface area contributed by atoms with Gasteiger partial charge < -0.3 is 14.8 Å². The Bertz CT molecular complexity index is 884. The van der Waals surface area contributed by atoms with E-state index in [9.17, 15) is 9.59 Å². The number of benzene rings is 1.